The highest BCUT2D eigenvalue weighted by atomic mass is 35.5. The van der Waals surface area contributed by atoms with Crippen LogP contribution in [0, 0.1) is 17.8 Å². The Morgan fingerprint density at radius 1 is 1.29 bits per heavy atom. The van der Waals surface area contributed by atoms with Gasteiger partial charge in [0.15, 0.2) is 0 Å². The molecule has 4 heteroatoms. The van der Waals surface area contributed by atoms with Crippen LogP contribution in [0.4, 0.5) is 0 Å². The average molecular weight is 311 g/mol. The van der Waals surface area contributed by atoms with Crippen LogP contribution in [0.15, 0.2) is 6.20 Å². The Morgan fingerprint density at radius 3 is 2.81 bits per heavy atom. The highest BCUT2D eigenvalue weighted by Gasteiger charge is 2.36. The fourth-order valence-electron chi connectivity index (χ4n) is 4.48. The topological polar surface area (TPSA) is 38.0 Å². The van der Waals surface area contributed by atoms with Crippen molar-refractivity contribution in [3.05, 3.63) is 16.9 Å². The van der Waals surface area contributed by atoms with E-state index >= 15 is 0 Å². The Balaban J connectivity index is 1.73. The molecule has 21 heavy (non-hydrogen) atoms. The minimum atomic E-state index is -0.450. The van der Waals surface area contributed by atoms with Crippen LogP contribution in [0.1, 0.15) is 70.1 Å². The third-order valence-electron chi connectivity index (χ3n) is 5.58. The number of fused-ring (bicyclic) bond motifs is 1. The van der Waals surface area contributed by atoms with Gasteiger partial charge in [-0.25, -0.2) is 0 Å². The van der Waals surface area contributed by atoms with Crippen molar-refractivity contribution in [1.29, 1.82) is 0 Å². The molecule has 1 heterocycles. The van der Waals surface area contributed by atoms with E-state index in [1.165, 1.54) is 38.5 Å². The summed E-state index contributed by atoms with van der Waals surface area (Å²) in [5.74, 6) is 2.10. The van der Waals surface area contributed by atoms with E-state index in [4.69, 9.17) is 11.6 Å². The molecule has 3 rings (SSSR count). The second-order valence-electron chi connectivity index (χ2n) is 6.92. The zero-order chi connectivity index (χ0) is 14.8. The SMILES string of the molecule is CCCn1ncc(Cl)c1C(O)C1CCC2CCCCC2C1. The van der Waals surface area contributed by atoms with E-state index in [0.29, 0.717) is 10.9 Å². The van der Waals surface area contributed by atoms with E-state index in [9.17, 15) is 5.11 Å². The first-order chi connectivity index (χ1) is 10.2. The molecule has 1 aromatic rings. The van der Waals surface area contributed by atoms with Gasteiger partial charge in [-0.2, -0.15) is 5.10 Å². The van der Waals surface area contributed by atoms with Gasteiger partial charge in [0, 0.05) is 6.54 Å². The molecule has 2 aliphatic carbocycles. The molecule has 2 aliphatic rings. The number of aromatic nitrogens is 2. The van der Waals surface area contributed by atoms with E-state index in [0.717, 1.165) is 36.9 Å². The third kappa shape index (κ3) is 3.14. The Kier molecular flexibility index (Phi) is 4.90. The lowest BCUT2D eigenvalue weighted by Crippen LogP contribution is -2.31. The first kappa shape index (κ1) is 15.4. The fraction of sp³-hybridized carbons (Fsp3) is 0.824. The number of aliphatic hydroxyl groups is 1. The van der Waals surface area contributed by atoms with Gasteiger partial charge in [0.2, 0.25) is 0 Å². The number of rotatable bonds is 4. The van der Waals surface area contributed by atoms with E-state index in [1.54, 1.807) is 6.20 Å². The van der Waals surface area contributed by atoms with Crippen LogP contribution >= 0.6 is 11.6 Å². The molecule has 3 nitrogen and oxygen atoms in total. The van der Waals surface area contributed by atoms with Crippen molar-refractivity contribution in [2.24, 2.45) is 17.8 Å². The first-order valence-electron chi connectivity index (χ1n) is 8.60. The molecule has 0 bridgehead atoms. The fourth-order valence-corrected chi connectivity index (χ4v) is 4.73. The van der Waals surface area contributed by atoms with Gasteiger partial charge in [0.05, 0.1) is 23.0 Å². The molecule has 0 spiro atoms. The third-order valence-corrected chi connectivity index (χ3v) is 5.87. The minimum Gasteiger partial charge on any atom is -0.386 e. The second-order valence-corrected chi connectivity index (χ2v) is 7.33. The van der Waals surface area contributed by atoms with E-state index < -0.39 is 6.10 Å². The van der Waals surface area contributed by atoms with Gasteiger partial charge >= 0.3 is 0 Å². The highest BCUT2D eigenvalue weighted by molar-refractivity contribution is 6.31. The molecule has 4 atom stereocenters. The lowest BCUT2D eigenvalue weighted by atomic mass is 9.66. The van der Waals surface area contributed by atoms with Gasteiger partial charge in [-0.3, -0.25) is 4.68 Å². The quantitative estimate of drug-likeness (QED) is 0.883. The second kappa shape index (κ2) is 6.70. The largest absolute Gasteiger partial charge is 0.386 e. The number of aliphatic hydroxyl groups excluding tert-OH is 1. The summed E-state index contributed by atoms with van der Waals surface area (Å²) >= 11 is 6.29. The van der Waals surface area contributed by atoms with Gasteiger partial charge in [0.25, 0.3) is 0 Å². The van der Waals surface area contributed by atoms with Crippen molar-refractivity contribution >= 4 is 11.6 Å². The molecule has 0 aliphatic heterocycles. The van der Waals surface area contributed by atoms with E-state index in [2.05, 4.69) is 12.0 Å². The summed E-state index contributed by atoms with van der Waals surface area (Å²) in [6.07, 6.45) is 11.4. The maximum absolute atomic E-state index is 10.9. The van der Waals surface area contributed by atoms with Crippen LogP contribution in [0.5, 0.6) is 0 Å². The van der Waals surface area contributed by atoms with Gasteiger partial charge in [-0.05, 0) is 43.4 Å². The molecule has 2 fully saturated rings. The molecule has 0 saturated heterocycles. The van der Waals surface area contributed by atoms with E-state index in [-0.39, 0.29) is 0 Å². The zero-order valence-electron chi connectivity index (χ0n) is 13.0. The molecule has 0 aromatic carbocycles. The number of nitrogens with zero attached hydrogens (tertiary/aromatic N) is 2. The van der Waals surface area contributed by atoms with Crippen molar-refractivity contribution in [2.45, 2.75) is 70.9 Å². The monoisotopic (exact) mass is 310 g/mol. The predicted molar refractivity (Wildman–Crippen MR) is 85.3 cm³/mol. The standard InChI is InChI=1S/C17H27ClN2O/c1-2-9-20-16(15(18)11-19-20)17(21)14-8-7-12-5-3-4-6-13(12)10-14/h11-14,17,21H,2-10H2,1H3. The highest BCUT2D eigenvalue weighted by Crippen LogP contribution is 2.46. The summed E-state index contributed by atoms with van der Waals surface area (Å²) in [7, 11) is 0. The van der Waals surface area contributed by atoms with Crippen molar-refractivity contribution in [2.75, 3.05) is 0 Å². The summed E-state index contributed by atoms with van der Waals surface area (Å²) in [6.45, 7) is 2.96. The lowest BCUT2D eigenvalue weighted by molar-refractivity contribution is 0.0300. The van der Waals surface area contributed by atoms with Crippen LogP contribution in [0.25, 0.3) is 0 Å². The van der Waals surface area contributed by atoms with E-state index in [1.807, 2.05) is 4.68 Å². The van der Waals surface area contributed by atoms with Crippen LogP contribution in [0.3, 0.4) is 0 Å². The van der Waals surface area contributed by atoms with Crippen molar-refractivity contribution in [1.82, 2.24) is 9.78 Å². The molecule has 2 saturated carbocycles. The average Bonchev–Trinajstić information content (AvgIpc) is 2.87. The molecule has 0 amide bonds. The Morgan fingerprint density at radius 2 is 2.05 bits per heavy atom. The van der Waals surface area contributed by atoms with Crippen LogP contribution in [-0.4, -0.2) is 14.9 Å². The Hall–Kier alpha value is -0.540. The predicted octanol–water partition coefficient (Wildman–Crippen LogP) is 4.59. The van der Waals surface area contributed by atoms with Crippen LogP contribution in [0.2, 0.25) is 5.02 Å². The zero-order valence-corrected chi connectivity index (χ0v) is 13.7. The normalized spacial score (nSPS) is 30.9. The summed E-state index contributed by atoms with van der Waals surface area (Å²) in [4.78, 5) is 0. The molecule has 4 unspecified atom stereocenters. The molecule has 118 valence electrons. The minimum absolute atomic E-state index is 0.356. The molecule has 0 radical (unpaired) electrons. The summed E-state index contributed by atoms with van der Waals surface area (Å²) in [6, 6.07) is 0. The van der Waals surface area contributed by atoms with Gasteiger partial charge in [-0.1, -0.05) is 44.2 Å². The van der Waals surface area contributed by atoms with Crippen molar-refractivity contribution in [3.8, 4) is 0 Å². The number of halogens is 1. The maximum atomic E-state index is 10.9. The first-order valence-corrected chi connectivity index (χ1v) is 8.97. The maximum Gasteiger partial charge on any atom is 0.0999 e. The summed E-state index contributed by atoms with van der Waals surface area (Å²) < 4.78 is 1.90. The van der Waals surface area contributed by atoms with Crippen LogP contribution in [-0.2, 0) is 6.54 Å². The Labute approximate surface area is 132 Å². The molecule has 1 N–H and O–H groups in total. The smallest absolute Gasteiger partial charge is 0.0999 e. The number of hydrogen-bond acceptors (Lipinski definition) is 2. The summed E-state index contributed by atoms with van der Waals surface area (Å²) in [5, 5.41) is 15.8. The molecular weight excluding hydrogens is 284 g/mol. The molecular formula is C17H27ClN2O. The van der Waals surface area contributed by atoms with Crippen LogP contribution < -0.4 is 0 Å². The Bertz CT molecular complexity index is 473. The summed E-state index contributed by atoms with van der Waals surface area (Å²) in [5.41, 5.74) is 0.845. The van der Waals surface area contributed by atoms with Gasteiger partial charge in [0.1, 0.15) is 0 Å². The van der Waals surface area contributed by atoms with Gasteiger partial charge < -0.3 is 5.11 Å². The molecule has 1 aromatic heterocycles. The lowest BCUT2D eigenvalue weighted by Gasteiger charge is -2.40. The van der Waals surface area contributed by atoms with Crippen molar-refractivity contribution in [3.63, 3.8) is 0 Å². The number of hydrogen-bond donors (Lipinski definition) is 1. The van der Waals surface area contributed by atoms with Gasteiger partial charge in [-0.15, -0.1) is 0 Å². The van der Waals surface area contributed by atoms with Crippen molar-refractivity contribution < 1.29 is 5.11 Å². The number of aryl methyl sites for hydroxylation is 1.